The Morgan fingerprint density at radius 1 is 1.18 bits per heavy atom. The molecule has 1 aromatic carbocycles. The highest BCUT2D eigenvalue weighted by molar-refractivity contribution is 14.1. The maximum absolute atomic E-state index is 4.52. The van der Waals surface area contributed by atoms with Gasteiger partial charge in [-0.15, -0.1) is 0 Å². The Bertz CT molecular complexity index is 688. The van der Waals surface area contributed by atoms with E-state index in [4.69, 9.17) is 0 Å². The van der Waals surface area contributed by atoms with Gasteiger partial charge in [-0.2, -0.15) is 5.10 Å². The molecule has 3 nitrogen and oxygen atoms in total. The van der Waals surface area contributed by atoms with Gasteiger partial charge in [-0.1, -0.05) is 12.1 Å². The highest BCUT2D eigenvalue weighted by atomic mass is 127. The second kappa shape index (κ2) is 4.10. The minimum Gasteiger partial charge on any atom is -0.268 e. The third-order valence-electron chi connectivity index (χ3n) is 2.76. The van der Waals surface area contributed by atoms with Crippen molar-refractivity contribution in [3.8, 4) is 11.3 Å². The monoisotopic (exact) mass is 335 g/mol. The summed E-state index contributed by atoms with van der Waals surface area (Å²) in [7, 11) is 1.95. The zero-order chi connectivity index (χ0) is 11.8. The normalized spacial score (nSPS) is 10.9. The number of hydrogen-bond acceptors (Lipinski definition) is 2. The Balaban J connectivity index is 2.18. The Kier molecular flexibility index (Phi) is 2.58. The van der Waals surface area contributed by atoms with Gasteiger partial charge < -0.3 is 0 Å². The first kappa shape index (κ1) is 10.7. The SMILES string of the molecule is Cn1ncc2cc(-c3cccc(I)n3)ccc21. The van der Waals surface area contributed by atoms with Crippen LogP contribution < -0.4 is 0 Å². The van der Waals surface area contributed by atoms with Gasteiger partial charge in [-0.3, -0.25) is 4.68 Å². The molecular formula is C13H10IN3. The quantitative estimate of drug-likeness (QED) is 0.505. The number of rotatable bonds is 1. The minimum absolute atomic E-state index is 1.00. The van der Waals surface area contributed by atoms with Gasteiger partial charge in [0.1, 0.15) is 3.70 Å². The number of pyridine rings is 1. The summed E-state index contributed by atoms with van der Waals surface area (Å²) in [5.74, 6) is 0. The van der Waals surface area contributed by atoms with Crippen molar-refractivity contribution in [1.82, 2.24) is 14.8 Å². The smallest absolute Gasteiger partial charge is 0.102 e. The third kappa shape index (κ3) is 1.93. The van der Waals surface area contributed by atoms with Crippen LogP contribution in [0.4, 0.5) is 0 Å². The average molecular weight is 335 g/mol. The van der Waals surface area contributed by atoms with Gasteiger partial charge in [0.2, 0.25) is 0 Å². The van der Waals surface area contributed by atoms with Crippen LogP contribution in [0, 0.1) is 3.70 Å². The van der Waals surface area contributed by atoms with E-state index in [-0.39, 0.29) is 0 Å². The van der Waals surface area contributed by atoms with Gasteiger partial charge in [-0.25, -0.2) is 4.98 Å². The number of halogens is 1. The summed E-state index contributed by atoms with van der Waals surface area (Å²) in [4.78, 5) is 4.52. The molecule has 0 saturated carbocycles. The van der Waals surface area contributed by atoms with Crippen molar-refractivity contribution < 1.29 is 0 Å². The largest absolute Gasteiger partial charge is 0.268 e. The lowest BCUT2D eigenvalue weighted by Crippen LogP contribution is -1.89. The fourth-order valence-electron chi connectivity index (χ4n) is 1.89. The van der Waals surface area contributed by atoms with E-state index in [1.165, 1.54) is 0 Å². The Hall–Kier alpha value is -1.43. The van der Waals surface area contributed by atoms with Crippen molar-refractivity contribution in [3.05, 3.63) is 46.3 Å². The third-order valence-corrected chi connectivity index (χ3v) is 3.36. The summed E-state index contributed by atoms with van der Waals surface area (Å²) in [6.07, 6.45) is 1.88. The lowest BCUT2D eigenvalue weighted by Gasteiger charge is -2.02. The molecule has 4 heteroatoms. The van der Waals surface area contributed by atoms with E-state index in [9.17, 15) is 0 Å². The summed E-state index contributed by atoms with van der Waals surface area (Å²) in [6, 6.07) is 12.3. The second-order valence-electron chi connectivity index (χ2n) is 3.89. The number of fused-ring (bicyclic) bond motifs is 1. The fourth-order valence-corrected chi connectivity index (χ4v) is 2.36. The summed E-state index contributed by atoms with van der Waals surface area (Å²) < 4.78 is 2.88. The molecule has 84 valence electrons. The highest BCUT2D eigenvalue weighted by Crippen LogP contribution is 2.23. The molecular weight excluding hydrogens is 325 g/mol. The summed E-state index contributed by atoms with van der Waals surface area (Å²) in [5, 5.41) is 5.39. The molecule has 2 heterocycles. The molecule has 0 amide bonds. The van der Waals surface area contributed by atoms with Gasteiger partial charge in [0.05, 0.1) is 17.4 Å². The molecule has 17 heavy (non-hydrogen) atoms. The molecule has 2 aromatic heterocycles. The maximum atomic E-state index is 4.52. The summed E-state index contributed by atoms with van der Waals surface area (Å²) >= 11 is 2.23. The number of aryl methyl sites for hydroxylation is 1. The maximum Gasteiger partial charge on any atom is 0.102 e. The summed E-state index contributed by atoms with van der Waals surface area (Å²) in [5.41, 5.74) is 3.27. The van der Waals surface area contributed by atoms with Crippen molar-refractivity contribution in [2.75, 3.05) is 0 Å². The van der Waals surface area contributed by atoms with Crippen LogP contribution in [0.2, 0.25) is 0 Å². The van der Waals surface area contributed by atoms with E-state index in [0.717, 1.165) is 25.9 Å². The Morgan fingerprint density at radius 2 is 2.06 bits per heavy atom. The molecule has 0 atom stereocenters. The van der Waals surface area contributed by atoms with Gasteiger partial charge >= 0.3 is 0 Å². The first-order valence-corrected chi connectivity index (χ1v) is 6.36. The standard InChI is InChI=1S/C13H10IN3/c1-17-12-6-5-9(7-10(12)8-15-17)11-3-2-4-13(14)16-11/h2-8H,1H3. The summed E-state index contributed by atoms with van der Waals surface area (Å²) in [6.45, 7) is 0. The molecule has 0 aliphatic heterocycles. The average Bonchev–Trinajstić information content (AvgIpc) is 2.71. The molecule has 0 saturated heterocycles. The lowest BCUT2D eigenvalue weighted by atomic mass is 10.1. The molecule has 0 aliphatic rings. The van der Waals surface area contributed by atoms with Gasteiger partial charge in [-0.05, 0) is 46.9 Å². The topological polar surface area (TPSA) is 30.7 Å². The number of aromatic nitrogens is 3. The molecule has 0 unspecified atom stereocenters. The minimum atomic E-state index is 1.00. The van der Waals surface area contributed by atoms with E-state index in [1.54, 1.807) is 0 Å². The molecule has 0 fully saturated rings. The van der Waals surface area contributed by atoms with Crippen LogP contribution in [0.5, 0.6) is 0 Å². The van der Waals surface area contributed by atoms with E-state index in [0.29, 0.717) is 0 Å². The molecule has 0 spiro atoms. The zero-order valence-electron chi connectivity index (χ0n) is 9.26. The first-order chi connectivity index (χ1) is 8.24. The highest BCUT2D eigenvalue weighted by Gasteiger charge is 2.04. The van der Waals surface area contributed by atoms with Gasteiger partial charge in [0, 0.05) is 18.0 Å². The first-order valence-electron chi connectivity index (χ1n) is 5.29. The van der Waals surface area contributed by atoms with Crippen LogP contribution in [0.15, 0.2) is 42.6 Å². The number of hydrogen-bond donors (Lipinski definition) is 0. The predicted octanol–water partition coefficient (Wildman–Crippen LogP) is 3.24. The zero-order valence-corrected chi connectivity index (χ0v) is 11.4. The van der Waals surface area contributed by atoms with Crippen molar-refractivity contribution in [1.29, 1.82) is 0 Å². The van der Waals surface area contributed by atoms with Gasteiger partial charge in [0.25, 0.3) is 0 Å². The van der Waals surface area contributed by atoms with Crippen LogP contribution >= 0.6 is 22.6 Å². The van der Waals surface area contributed by atoms with Crippen molar-refractivity contribution in [2.45, 2.75) is 0 Å². The van der Waals surface area contributed by atoms with Crippen molar-refractivity contribution in [3.63, 3.8) is 0 Å². The Morgan fingerprint density at radius 3 is 2.88 bits per heavy atom. The van der Waals surface area contributed by atoms with E-state index < -0.39 is 0 Å². The number of nitrogens with zero attached hydrogens (tertiary/aromatic N) is 3. The molecule has 0 aliphatic carbocycles. The molecule has 3 aromatic rings. The van der Waals surface area contributed by atoms with Crippen molar-refractivity contribution >= 4 is 33.5 Å². The van der Waals surface area contributed by atoms with Crippen LogP contribution in [0.3, 0.4) is 0 Å². The van der Waals surface area contributed by atoms with Crippen LogP contribution in [-0.4, -0.2) is 14.8 Å². The van der Waals surface area contributed by atoms with Crippen LogP contribution in [0.25, 0.3) is 22.2 Å². The predicted molar refractivity (Wildman–Crippen MR) is 76.7 cm³/mol. The van der Waals surface area contributed by atoms with E-state index in [1.807, 2.05) is 36.1 Å². The molecule has 0 radical (unpaired) electrons. The molecule has 0 N–H and O–H groups in total. The fraction of sp³-hybridized carbons (Fsp3) is 0.0769. The molecule has 3 rings (SSSR count). The van der Waals surface area contributed by atoms with Crippen LogP contribution in [-0.2, 0) is 7.05 Å². The number of benzene rings is 1. The lowest BCUT2D eigenvalue weighted by molar-refractivity contribution is 0.797. The van der Waals surface area contributed by atoms with Crippen molar-refractivity contribution in [2.24, 2.45) is 7.05 Å². The van der Waals surface area contributed by atoms with Crippen LogP contribution in [0.1, 0.15) is 0 Å². The second-order valence-corrected chi connectivity index (χ2v) is 4.99. The van der Waals surface area contributed by atoms with E-state index in [2.05, 4.69) is 50.9 Å². The Labute approximate surface area is 113 Å². The van der Waals surface area contributed by atoms with E-state index >= 15 is 0 Å². The molecule has 0 bridgehead atoms. The van der Waals surface area contributed by atoms with Gasteiger partial charge in [0.15, 0.2) is 0 Å².